The van der Waals surface area contributed by atoms with E-state index in [0.717, 1.165) is 22.1 Å². The van der Waals surface area contributed by atoms with Gasteiger partial charge in [0.25, 0.3) is 0 Å². The molecule has 3 aromatic rings. The van der Waals surface area contributed by atoms with Crippen molar-refractivity contribution in [2.24, 2.45) is 0 Å². The number of benzene rings is 3. The van der Waals surface area contributed by atoms with E-state index in [4.69, 9.17) is 4.42 Å². The van der Waals surface area contributed by atoms with Crippen molar-refractivity contribution in [3.63, 3.8) is 0 Å². The molecular formula is C21H12O2. The highest BCUT2D eigenvalue weighted by Gasteiger charge is 2.26. The van der Waals surface area contributed by atoms with E-state index in [1.807, 2.05) is 66.7 Å². The van der Waals surface area contributed by atoms with Crippen molar-refractivity contribution in [1.29, 1.82) is 0 Å². The van der Waals surface area contributed by atoms with Gasteiger partial charge in [0.15, 0.2) is 0 Å². The van der Waals surface area contributed by atoms with Crippen LogP contribution in [0.15, 0.2) is 82.0 Å². The van der Waals surface area contributed by atoms with Gasteiger partial charge in [0.2, 0.25) is 0 Å². The molecule has 2 nitrogen and oxygen atoms in total. The molecule has 0 N–H and O–H groups in total. The second-order valence-electron chi connectivity index (χ2n) is 5.77. The van der Waals surface area contributed by atoms with Gasteiger partial charge in [-0.2, -0.15) is 0 Å². The summed E-state index contributed by atoms with van der Waals surface area (Å²) >= 11 is 0. The van der Waals surface area contributed by atoms with Crippen molar-refractivity contribution < 1.29 is 4.42 Å². The lowest BCUT2D eigenvalue weighted by Crippen LogP contribution is -2.05. The molecular weight excluding hydrogens is 284 g/mol. The highest BCUT2D eigenvalue weighted by Crippen LogP contribution is 2.48. The summed E-state index contributed by atoms with van der Waals surface area (Å²) in [6, 6.07) is 23.9. The molecule has 0 unspecified atom stereocenters. The molecule has 0 aliphatic heterocycles. The molecule has 5 rings (SSSR count). The first-order valence-electron chi connectivity index (χ1n) is 7.59. The monoisotopic (exact) mass is 296 g/mol. The molecule has 23 heavy (non-hydrogen) atoms. The fourth-order valence-electron chi connectivity index (χ4n) is 3.28. The fourth-order valence-corrected chi connectivity index (χ4v) is 3.28. The highest BCUT2D eigenvalue weighted by molar-refractivity contribution is 6.16. The predicted molar refractivity (Wildman–Crippen MR) is 92.4 cm³/mol. The zero-order valence-electron chi connectivity index (χ0n) is 12.2. The van der Waals surface area contributed by atoms with E-state index in [1.165, 1.54) is 11.1 Å². The van der Waals surface area contributed by atoms with Crippen LogP contribution in [-0.2, 0) is 0 Å². The molecule has 0 bridgehead atoms. The molecule has 0 atom stereocenters. The summed E-state index contributed by atoms with van der Waals surface area (Å²) in [5.41, 5.74) is 6.30. The van der Waals surface area contributed by atoms with Gasteiger partial charge in [0, 0.05) is 10.9 Å². The third kappa shape index (κ3) is 1.78. The summed E-state index contributed by atoms with van der Waals surface area (Å²) in [5.74, 6) is 0. The zero-order valence-corrected chi connectivity index (χ0v) is 12.2. The quantitative estimate of drug-likeness (QED) is 0.424. The van der Waals surface area contributed by atoms with Gasteiger partial charge in [0.1, 0.15) is 5.58 Å². The Morgan fingerprint density at radius 3 is 1.91 bits per heavy atom. The van der Waals surface area contributed by atoms with Crippen LogP contribution >= 0.6 is 0 Å². The maximum atomic E-state index is 12.7. The lowest BCUT2D eigenvalue weighted by atomic mass is 9.94. The van der Waals surface area contributed by atoms with Crippen LogP contribution in [0.2, 0.25) is 0 Å². The Kier molecular flexibility index (Phi) is 2.39. The lowest BCUT2D eigenvalue weighted by Gasteiger charge is -2.10. The van der Waals surface area contributed by atoms with E-state index in [0.29, 0.717) is 11.1 Å². The second kappa shape index (κ2) is 4.43. The molecule has 2 aliphatic rings. The van der Waals surface area contributed by atoms with Crippen LogP contribution in [0.4, 0.5) is 0 Å². The van der Waals surface area contributed by atoms with Crippen LogP contribution in [0.1, 0.15) is 0 Å². The molecule has 1 aromatic heterocycles. The topological polar surface area (TPSA) is 30.2 Å². The van der Waals surface area contributed by atoms with Gasteiger partial charge in [-0.1, -0.05) is 60.7 Å². The average molecular weight is 296 g/mol. The van der Waals surface area contributed by atoms with Gasteiger partial charge < -0.3 is 4.42 Å². The molecule has 0 saturated carbocycles. The van der Waals surface area contributed by atoms with Gasteiger partial charge in [-0.15, -0.1) is 0 Å². The molecule has 108 valence electrons. The number of fused-ring (bicyclic) bond motifs is 3. The first kappa shape index (κ1) is 12.4. The van der Waals surface area contributed by atoms with E-state index in [9.17, 15) is 4.79 Å². The van der Waals surface area contributed by atoms with Crippen molar-refractivity contribution in [1.82, 2.24) is 0 Å². The van der Waals surface area contributed by atoms with Crippen molar-refractivity contribution in [3.05, 3.63) is 83.2 Å². The highest BCUT2D eigenvalue weighted by atomic mass is 16.4. The summed E-state index contributed by atoms with van der Waals surface area (Å²) in [5, 5.41) is 1.05. The minimum absolute atomic E-state index is 0.285. The molecule has 0 saturated heterocycles. The molecule has 0 amide bonds. The molecule has 2 aromatic carbocycles. The van der Waals surface area contributed by atoms with E-state index < -0.39 is 0 Å². The first-order chi connectivity index (χ1) is 11.3. The molecule has 1 heterocycles. The van der Waals surface area contributed by atoms with Crippen LogP contribution in [-0.4, -0.2) is 0 Å². The Balaban J connectivity index is 1.96. The van der Waals surface area contributed by atoms with Crippen LogP contribution in [0.3, 0.4) is 0 Å². The van der Waals surface area contributed by atoms with Crippen LogP contribution in [0.5, 0.6) is 0 Å². The van der Waals surface area contributed by atoms with Crippen LogP contribution in [0, 0.1) is 0 Å². The third-order valence-electron chi connectivity index (χ3n) is 4.36. The Bertz CT molecular complexity index is 1110. The van der Waals surface area contributed by atoms with Gasteiger partial charge in [-0.25, -0.2) is 4.79 Å². The van der Waals surface area contributed by atoms with Crippen molar-refractivity contribution >= 4 is 11.0 Å². The maximum absolute atomic E-state index is 12.7. The Morgan fingerprint density at radius 2 is 1.26 bits per heavy atom. The predicted octanol–water partition coefficient (Wildman–Crippen LogP) is 5.11. The largest absolute Gasteiger partial charge is 0.422 e. The lowest BCUT2D eigenvalue weighted by molar-refractivity contribution is 0.565. The third-order valence-corrected chi connectivity index (χ3v) is 4.36. The maximum Gasteiger partial charge on any atom is 0.344 e. The van der Waals surface area contributed by atoms with Crippen molar-refractivity contribution in [2.75, 3.05) is 0 Å². The molecule has 0 radical (unpaired) electrons. The molecule has 2 aliphatic carbocycles. The van der Waals surface area contributed by atoms with E-state index >= 15 is 0 Å². The first-order valence-corrected chi connectivity index (χ1v) is 7.59. The summed E-state index contributed by atoms with van der Waals surface area (Å²) in [6.45, 7) is 0. The smallest absolute Gasteiger partial charge is 0.344 e. The minimum Gasteiger partial charge on any atom is -0.422 e. The van der Waals surface area contributed by atoms with Crippen LogP contribution in [0.25, 0.3) is 44.3 Å². The minimum atomic E-state index is -0.285. The summed E-state index contributed by atoms with van der Waals surface area (Å²) in [4.78, 5) is 12.7. The van der Waals surface area contributed by atoms with E-state index in [1.54, 1.807) is 0 Å². The molecule has 0 spiro atoms. The number of hydrogen-bond acceptors (Lipinski definition) is 2. The Labute approximate surface area is 132 Å². The summed E-state index contributed by atoms with van der Waals surface area (Å²) < 4.78 is 5.60. The van der Waals surface area contributed by atoms with E-state index in [-0.39, 0.29) is 5.63 Å². The fraction of sp³-hybridized carbons (Fsp3) is 0. The Hall–Kier alpha value is -3.13. The van der Waals surface area contributed by atoms with Gasteiger partial charge in [-0.05, 0) is 34.4 Å². The van der Waals surface area contributed by atoms with Crippen molar-refractivity contribution in [2.45, 2.75) is 0 Å². The van der Waals surface area contributed by atoms with Crippen molar-refractivity contribution in [3.8, 4) is 33.4 Å². The average Bonchev–Trinajstić information content (AvgIpc) is 3.26. The number of hydrogen-bond donors (Lipinski definition) is 0. The zero-order chi connectivity index (χ0) is 15.4. The SMILES string of the molecule is O=c1oc2cc3cc-3c2c(-c2ccccc2)c1-c1ccccc1. The van der Waals surface area contributed by atoms with Gasteiger partial charge >= 0.3 is 5.63 Å². The number of rotatable bonds is 2. The van der Waals surface area contributed by atoms with E-state index in [2.05, 4.69) is 6.07 Å². The van der Waals surface area contributed by atoms with Gasteiger partial charge in [0.05, 0.1) is 5.56 Å². The standard InChI is InChI=1S/C21H12O2/c22-21-19(14-9-5-2-6-10-14)18(13-7-3-1-4-8-13)20-16-11-15(16)12-17(20)23-21/h1-12H. The Morgan fingerprint density at radius 1 is 0.652 bits per heavy atom. The van der Waals surface area contributed by atoms with Crippen LogP contribution < -0.4 is 5.63 Å². The summed E-state index contributed by atoms with van der Waals surface area (Å²) in [6.07, 6.45) is 0. The van der Waals surface area contributed by atoms with Gasteiger partial charge in [-0.3, -0.25) is 0 Å². The normalized spacial score (nSPS) is 11.7. The molecule has 2 heteroatoms. The molecule has 0 fully saturated rings. The second-order valence-corrected chi connectivity index (χ2v) is 5.77. The summed E-state index contributed by atoms with van der Waals surface area (Å²) in [7, 11) is 0.